The second kappa shape index (κ2) is 10.2. The summed E-state index contributed by atoms with van der Waals surface area (Å²) in [5, 5.41) is 34.3. The fourth-order valence-electron chi connectivity index (χ4n) is 2.99. The lowest BCUT2D eigenvalue weighted by Gasteiger charge is -2.25. The van der Waals surface area contributed by atoms with E-state index in [1.54, 1.807) is 54.6 Å². The topological polar surface area (TPSA) is 122 Å². The number of aliphatic hydroxyl groups excluding tert-OH is 1. The highest BCUT2D eigenvalue weighted by atomic mass is 16.4. The van der Waals surface area contributed by atoms with Gasteiger partial charge in [-0.25, -0.2) is 0 Å². The van der Waals surface area contributed by atoms with Crippen LogP contribution >= 0.6 is 0 Å². The summed E-state index contributed by atoms with van der Waals surface area (Å²) in [6, 6.07) is 20.2. The number of rotatable bonds is 8. The number of hydrogen-bond acceptors (Lipinski definition) is 6. The number of carbonyl (C=O) groups excluding carboxylic acids is 2. The quantitative estimate of drug-likeness (QED) is 0.481. The molecule has 0 aromatic heterocycles. The minimum atomic E-state index is -1.63. The molecule has 0 unspecified atom stereocenters. The zero-order valence-corrected chi connectivity index (χ0v) is 16.5. The molecule has 0 saturated carbocycles. The van der Waals surface area contributed by atoms with Gasteiger partial charge in [-0.15, -0.1) is 0 Å². The van der Waals surface area contributed by atoms with Gasteiger partial charge in [-0.05, 0) is 35.4 Å². The van der Waals surface area contributed by atoms with E-state index < -0.39 is 24.0 Å². The molecule has 7 nitrogen and oxygen atoms in total. The SMILES string of the molecule is O=C(Cc1ccccc1)N[C@@H](C(=O)[O-])[C@@H](O)c1cccc(N=Cc2ccccc2O)c1. The van der Waals surface area contributed by atoms with Gasteiger partial charge in [0.05, 0.1) is 24.1 Å². The number of benzene rings is 3. The molecule has 0 bridgehead atoms. The number of nitrogens with one attached hydrogen (secondary N) is 1. The fraction of sp³-hybridized carbons (Fsp3) is 0.125. The molecule has 7 heteroatoms. The Morgan fingerprint density at radius 2 is 1.71 bits per heavy atom. The number of carboxylic acids is 1. The molecule has 2 atom stereocenters. The van der Waals surface area contributed by atoms with Gasteiger partial charge in [-0.2, -0.15) is 0 Å². The Morgan fingerprint density at radius 1 is 1.00 bits per heavy atom. The number of carboxylic acid groups (broad SMARTS) is 1. The van der Waals surface area contributed by atoms with Crippen LogP contribution < -0.4 is 10.4 Å². The predicted molar refractivity (Wildman–Crippen MR) is 114 cm³/mol. The number of aromatic hydroxyl groups is 1. The molecular formula is C24H21N2O5-. The molecule has 0 aliphatic rings. The van der Waals surface area contributed by atoms with E-state index in [2.05, 4.69) is 10.3 Å². The second-order valence-electron chi connectivity index (χ2n) is 6.88. The molecule has 0 spiro atoms. The van der Waals surface area contributed by atoms with Gasteiger partial charge in [-0.1, -0.05) is 54.6 Å². The molecule has 1 amide bonds. The van der Waals surface area contributed by atoms with Gasteiger partial charge in [-0.3, -0.25) is 9.79 Å². The lowest BCUT2D eigenvalue weighted by Crippen LogP contribution is -2.51. The number of phenolic OH excluding ortho intramolecular Hbond substituents is 1. The number of phenols is 1. The zero-order valence-electron chi connectivity index (χ0n) is 16.5. The Labute approximate surface area is 179 Å². The molecule has 0 saturated heterocycles. The molecule has 3 aromatic carbocycles. The Bertz CT molecular complexity index is 1080. The molecule has 3 N–H and O–H groups in total. The zero-order chi connectivity index (χ0) is 22.2. The summed E-state index contributed by atoms with van der Waals surface area (Å²) in [6.07, 6.45) is -0.106. The van der Waals surface area contributed by atoms with E-state index >= 15 is 0 Å². The standard InChI is InChI=1S/C24H22N2O5/c27-20-12-5-4-9-18(20)15-25-19-11-6-10-17(14-19)23(29)22(24(30)31)26-21(28)13-16-7-2-1-3-8-16/h1-12,14-15,22-23,27,29H,13H2,(H,26,28)(H,30,31)/p-1/t22-,23+/m1/s1. The number of nitrogens with zero attached hydrogens (tertiary/aromatic N) is 1. The summed E-state index contributed by atoms with van der Waals surface area (Å²) in [5.41, 5.74) is 1.91. The molecule has 158 valence electrons. The molecule has 0 aliphatic carbocycles. The normalized spacial score (nSPS) is 12.9. The van der Waals surface area contributed by atoms with Gasteiger partial charge in [0, 0.05) is 11.8 Å². The smallest absolute Gasteiger partial charge is 0.225 e. The van der Waals surface area contributed by atoms with Gasteiger partial charge in [0.15, 0.2) is 0 Å². The summed E-state index contributed by atoms with van der Waals surface area (Å²) in [5.74, 6) is -2.08. The van der Waals surface area contributed by atoms with Crippen LogP contribution in [0.3, 0.4) is 0 Å². The van der Waals surface area contributed by atoms with E-state index in [1.165, 1.54) is 24.4 Å². The van der Waals surface area contributed by atoms with Crippen molar-refractivity contribution in [3.8, 4) is 5.75 Å². The van der Waals surface area contributed by atoms with Crippen molar-refractivity contribution in [2.24, 2.45) is 4.99 Å². The predicted octanol–water partition coefficient (Wildman–Crippen LogP) is 1.65. The lowest BCUT2D eigenvalue weighted by molar-refractivity contribution is -0.310. The number of para-hydroxylation sites is 1. The number of aliphatic carboxylic acids is 1. The molecule has 0 aliphatic heterocycles. The van der Waals surface area contributed by atoms with Crippen LogP contribution in [0.25, 0.3) is 0 Å². The first-order chi connectivity index (χ1) is 14.9. The van der Waals surface area contributed by atoms with Crippen molar-refractivity contribution in [3.63, 3.8) is 0 Å². The van der Waals surface area contributed by atoms with Crippen LogP contribution in [0.5, 0.6) is 5.75 Å². The molecule has 0 radical (unpaired) electrons. The molecule has 3 aromatic rings. The van der Waals surface area contributed by atoms with Crippen molar-refractivity contribution in [2.45, 2.75) is 18.6 Å². The van der Waals surface area contributed by atoms with Crippen LogP contribution in [0.1, 0.15) is 22.8 Å². The molecule has 0 heterocycles. The average Bonchev–Trinajstić information content (AvgIpc) is 2.77. The van der Waals surface area contributed by atoms with Gasteiger partial charge >= 0.3 is 0 Å². The summed E-state index contributed by atoms with van der Waals surface area (Å²) in [7, 11) is 0. The Kier molecular flexibility index (Phi) is 7.13. The van der Waals surface area contributed by atoms with Crippen LogP contribution in [0.2, 0.25) is 0 Å². The maximum Gasteiger partial charge on any atom is 0.225 e. The summed E-state index contributed by atoms with van der Waals surface area (Å²) in [4.78, 5) is 28.1. The maximum atomic E-state index is 12.3. The number of carbonyl (C=O) groups is 2. The van der Waals surface area contributed by atoms with E-state index in [0.717, 1.165) is 0 Å². The first kappa shape index (κ1) is 21.7. The van der Waals surface area contributed by atoms with E-state index in [-0.39, 0.29) is 17.7 Å². The first-order valence-electron chi connectivity index (χ1n) is 9.58. The van der Waals surface area contributed by atoms with E-state index in [9.17, 15) is 24.9 Å². The number of hydrogen-bond donors (Lipinski definition) is 3. The van der Waals surface area contributed by atoms with Gasteiger partial charge in [0.2, 0.25) is 5.91 Å². The highest BCUT2D eigenvalue weighted by Crippen LogP contribution is 2.23. The highest BCUT2D eigenvalue weighted by Gasteiger charge is 2.24. The van der Waals surface area contributed by atoms with Crippen molar-refractivity contribution in [1.29, 1.82) is 0 Å². The highest BCUT2D eigenvalue weighted by molar-refractivity contribution is 5.86. The van der Waals surface area contributed by atoms with E-state index in [1.807, 2.05) is 6.07 Å². The lowest BCUT2D eigenvalue weighted by atomic mass is 10.0. The molecule has 0 fully saturated rings. The Balaban J connectivity index is 1.74. The Morgan fingerprint density at radius 3 is 2.42 bits per heavy atom. The van der Waals surface area contributed by atoms with Gasteiger partial charge in [0.1, 0.15) is 11.9 Å². The summed E-state index contributed by atoms with van der Waals surface area (Å²) < 4.78 is 0. The van der Waals surface area contributed by atoms with Crippen molar-refractivity contribution in [1.82, 2.24) is 5.32 Å². The minimum absolute atomic E-state index is 0.0256. The third-order valence-electron chi connectivity index (χ3n) is 4.59. The summed E-state index contributed by atoms with van der Waals surface area (Å²) >= 11 is 0. The Hall–Kier alpha value is -3.97. The van der Waals surface area contributed by atoms with Crippen LogP contribution in [0, 0.1) is 0 Å². The summed E-state index contributed by atoms with van der Waals surface area (Å²) in [6.45, 7) is 0. The largest absolute Gasteiger partial charge is 0.548 e. The van der Waals surface area contributed by atoms with Crippen molar-refractivity contribution < 1.29 is 24.9 Å². The van der Waals surface area contributed by atoms with Crippen LogP contribution in [-0.2, 0) is 16.0 Å². The molecule has 3 rings (SSSR count). The van der Waals surface area contributed by atoms with Gasteiger partial charge < -0.3 is 25.4 Å². The van der Waals surface area contributed by atoms with E-state index in [4.69, 9.17) is 0 Å². The van der Waals surface area contributed by atoms with Crippen molar-refractivity contribution >= 4 is 23.8 Å². The second-order valence-corrected chi connectivity index (χ2v) is 6.88. The fourth-order valence-corrected chi connectivity index (χ4v) is 2.99. The van der Waals surface area contributed by atoms with Crippen LogP contribution in [0.15, 0.2) is 83.9 Å². The van der Waals surface area contributed by atoms with Crippen molar-refractivity contribution in [2.75, 3.05) is 0 Å². The van der Waals surface area contributed by atoms with Crippen LogP contribution in [-0.4, -0.2) is 34.3 Å². The van der Waals surface area contributed by atoms with Crippen molar-refractivity contribution in [3.05, 3.63) is 95.6 Å². The third kappa shape index (κ3) is 6.01. The molecular weight excluding hydrogens is 396 g/mol. The third-order valence-corrected chi connectivity index (χ3v) is 4.59. The van der Waals surface area contributed by atoms with Gasteiger partial charge in [0.25, 0.3) is 0 Å². The van der Waals surface area contributed by atoms with E-state index in [0.29, 0.717) is 16.8 Å². The minimum Gasteiger partial charge on any atom is -0.548 e. The monoisotopic (exact) mass is 417 g/mol. The maximum absolute atomic E-state index is 12.3. The number of aliphatic imine (C=N–C) groups is 1. The number of aliphatic hydroxyl groups is 1. The van der Waals surface area contributed by atoms with Crippen LogP contribution in [0.4, 0.5) is 5.69 Å². The average molecular weight is 417 g/mol. The number of amides is 1. The molecule has 31 heavy (non-hydrogen) atoms. The first-order valence-corrected chi connectivity index (χ1v) is 9.58.